The zero-order chi connectivity index (χ0) is 13.6. The van der Waals surface area contributed by atoms with Gasteiger partial charge in [0.05, 0.1) is 0 Å². The van der Waals surface area contributed by atoms with Crippen molar-refractivity contribution < 1.29 is 0 Å². The van der Waals surface area contributed by atoms with Crippen LogP contribution in [-0.4, -0.2) is 9.97 Å². The maximum atomic E-state index is 11.4. The molecule has 1 heterocycles. The molecule has 1 aromatic heterocycles. The van der Waals surface area contributed by atoms with E-state index in [-0.39, 0.29) is 11.0 Å². The summed E-state index contributed by atoms with van der Waals surface area (Å²) < 4.78 is 0. The number of hydrogen-bond acceptors (Lipinski definition) is 2. The minimum absolute atomic E-state index is 0.110. The van der Waals surface area contributed by atoms with E-state index in [2.05, 4.69) is 30.7 Å². The molecule has 0 aromatic carbocycles. The zero-order valence-electron chi connectivity index (χ0n) is 11.6. The van der Waals surface area contributed by atoms with Crippen molar-refractivity contribution in [2.75, 3.05) is 0 Å². The molecule has 1 aromatic rings. The van der Waals surface area contributed by atoms with E-state index in [0.717, 1.165) is 25.0 Å². The molecule has 0 aliphatic carbocycles. The van der Waals surface area contributed by atoms with E-state index in [1.165, 1.54) is 25.3 Å². The summed E-state index contributed by atoms with van der Waals surface area (Å²) in [7, 11) is 0. The molecular formula is C14H24N2O2. The number of aromatic nitrogens is 2. The summed E-state index contributed by atoms with van der Waals surface area (Å²) >= 11 is 0. The summed E-state index contributed by atoms with van der Waals surface area (Å²) in [5.41, 5.74) is -0.0794. The van der Waals surface area contributed by atoms with Crippen LogP contribution in [-0.2, 0) is 5.41 Å². The highest BCUT2D eigenvalue weighted by molar-refractivity contribution is 5.13. The number of aromatic amines is 2. The lowest BCUT2D eigenvalue weighted by Crippen LogP contribution is -2.31. The number of unbranched alkanes of at least 4 members (excludes halogenated alkanes) is 3. The van der Waals surface area contributed by atoms with Crippen LogP contribution in [0.25, 0.3) is 0 Å². The van der Waals surface area contributed by atoms with Crippen LogP contribution in [0, 0.1) is 0 Å². The Labute approximate surface area is 108 Å². The van der Waals surface area contributed by atoms with Gasteiger partial charge >= 0.3 is 5.69 Å². The first-order valence-corrected chi connectivity index (χ1v) is 6.86. The number of H-pyrrole nitrogens is 2. The quantitative estimate of drug-likeness (QED) is 0.733. The van der Waals surface area contributed by atoms with Gasteiger partial charge in [0.25, 0.3) is 5.56 Å². The van der Waals surface area contributed by atoms with Gasteiger partial charge < -0.3 is 4.98 Å². The van der Waals surface area contributed by atoms with Gasteiger partial charge in [0, 0.05) is 17.2 Å². The molecule has 0 saturated carbocycles. The summed E-state index contributed by atoms with van der Waals surface area (Å²) in [6.45, 7) is 6.40. The third-order valence-corrected chi connectivity index (χ3v) is 3.77. The lowest BCUT2D eigenvalue weighted by Gasteiger charge is -2.28. The number of rotatable bonds is 7. The highest BCUT2D eigenvalue weighted by Crippen LogP contribution is 2.30. The Kier molecular flexibility index (Phi) is 5.38. The van der Waals surface area contributed by atoms with Crippen LogP contribution >= 0.6 is 0 Å². The molecular weight excluding hydrogens is 228 g/mol. The summed E-state index contributed by atoms with van der Waals surface area (Å²) in [6, 6.07) is 1.52. The van der Waals surface area contributed by atoms with E-state index in [9.17, 15) is 9.59 Å². The van der Waals surface area contributed by atoms with Gasteiger partial charge in [-0.25, -0.2) is 4.79 Å². The molecule has 1 atom stereocenters. The molecule has 18 heavy (non-hydrogen) atoms. The van der Waals surface area contributed by atoms with Gasteiger partial charge in [-0.15, -0.1) is 0 Å². The largest absolute Gasteiger partial charge is 0.325 e. The fourth-order valence-corrected chi connectivity index (χ4v) is 2.24. The smallest absolute Gasteiger partial charge is 0.311 e. The summed E-state index contributed by atoms with van der Waals surface area (Å²) in [5.74, 6) is 0. The predicted molar refractivity (Wildman–Crippen MR) is 74.1 cm³/mol. The third kappa shape index (κ3) is 3.86. The Bertz CT molecular complexity index is 447. The van der Waals surface area contributed by atoms with Crippen LogP contribution in [0.2, 0.25) is 0 Å². The lowest BCUT2D eigenvalue weighted by atomic mass is 9.79. The Morgan fingerprint density at radius 3 is 2.39 bits per heavy atom. The van der Waals surface area contributed by atoms with E-state index >= 15 is 0 Å². The Morgan fingerprint density at radius 2 is 1.83 bits per heavy atom. The van der Waals surface area contributed by atoms with Gasteiger partial charge in [0.15, 0.2) is 0 Å². The van der Waals surface area contributed by atoms with E-state index in [1.807, 2.05) is 0 Å². The maximum absolute atomic E-state index is 11.4. The summed E-state index contributed by atoms with van der Waals surface area (Å²) in [4.78, 5) is 27.7. The van der Waals surface area contributed by atoms with Gasteiger partial charge in [-0.3, -0.25) is 9.78 Å². The topological polar surface area (TPSA) is 65.7 Å². The normalized spacial score (nSPS) is 14.4. The SMILES string of the molecule is CCCCCCC(C)(CC)c1cc(=O)[nH]c(=O)[nH]1. The van der Waals surface area contributed by atoms with Crippen molar-refractivity contribution in [3.63, 3.8) is 0 Å². The molecule has 1 unspecified atom stereocenters. The second kappa shape index (κ2) is 6.57. The molecule has 0 bridgehead atoms. The molecule has 0 fully saturated rings. The van der Waals surface area contributed by atoms with Crippen molar-refractivity contribution >= 4 is 0 Å². The van der Waals surface area contributed by atoms with Crippen molar-refractivity contribution in [3.05, 3.63) is 32.6 Å². The average Bonchev–Trinajstić information content (AvgIpc) is 2.33. The van der Waals surface area contributed by atoms with Gasteiger partial charge in [0.2, 0.25) is 0 Å². The van der Waals surface area contributed by atoms with Gasteiger partial charge in [-0.2, -0.15) is 0 Å². The molecule has 4 nitrogen and oxygen atoms in total. The Morgan fingerprint density at radius 1 is 1.11 bits per heavy atom. The Balaban J connectivity index is 2.85. The van der Waals surface area contributed by atoms with Gasteiger partial charge in [-0.1, -0.05) is 46.5 Å². The van der Waals surface area contributed by atoms with Crippen molar-refractivity contribution in [2.24, 2.45) is 0 Å². The molecule has 102 valence electrons. The Hall–Kier alpha value is -1.32. The molecule has 4 heteroatoms. The van der Waals surface area contributed by atoms with Crippen LogP contribution < -0.4 is 11.2 Å². The monoisotopic (exact) mass is 252 g/mol. The van der Waals surface area contributed by atoms with Gasteiger partial charge in [-0.05, 0) is 12.8 Å². The highest BCUT2D eigenvalue weighted by atomic mass is 16.2. The van der Waals surface area contributed by atoms with Crippen molar-refractivity contribution in [3.8, 4) is 0 Å². The van der Waals surface area contributed by atoms with Crippen LogP contribution in [0.3, 0.4) is 0 Å². The standard InChI is InChI=1S/C14H24N2O2/c1-4-6-7-8-9-14(3,5-2)11-10-12(17)16-13(18)15-11/h10H,4-9H2,1-3H3,(H2,15,16,17,18). The molecule has 2 N–H and O–H groups in total. The predicted octanol–water partition coefficient (Wildman–Crippen LogP) is 2.70. The highest BCUT2D eigenvalue weighted by Gasteiger charge is 2.25. The average molecular weight is 252 g/mol. The molecule has 0 aliphatic heterocycles. The molecule has 0 spiro atoms. The van der Waals surface area contributed by atoms with Crippen molar-refractivity contribution in [1.82, 2.24) is 9.97 Å². The zero-order valence-corrected chi connectivity index (χ0v) is 11.6. The molecule has 0 aliphatic rings. The van der Waals surface area contributed by atoms with Crippen LogP contribution in [0.4, 0.5) is 0 Å². The van der Waals surface area contributed by atoms with Crippen molar-refractivity contribution in [2.45, 2.75) is 64.7 Å². The van der Waals surface area contributed by atoms with E-state index < -0.39 is 5.69 Å². The van der Waals surface area contributed by atoms with E-state index in [1.54, 1.807) is 0 Å². The third-order valence-electron chi connectivity index (χ3n) is 3.77. The summed E-state index contributed by atoms with van der Waals surface area (Å²) in [5, 5.41) is 0. The summed E-state index contributed by atoms with van der Waals surface area (Å²) in [6.07, 6.45) is 6.71. The molecule has 0 saturated heterocycles. The van der Waals surface area contributed by atoms with E-state index in [4.69, 9.17) is 0 Å². The minimum atomic E-state index is -0.411. The van der Waals surface area contributed by atoms with Crippen LogP contribution in [0.15, 0.2) is 15.7 Å². The lowest BCUT2D eigenvalue weighted by molar-refractivity contribution is 0.383. The fraction of sp³-hybridized carbons (Fsp3) is 0.714. The van der Waals surface area contributed by atoms with Crippen LogP contribution in [0.5, 0.6) is 0 Å². The van der Waals surface area contributed by atoms with Crippen molar-refractivity contribution in [1.29, 1.82) is 0 Å². The second-order valence-electron chi connectivity index (χ2n) is 5.23. The minimum Gasteiger partial charge on any atom is -0.311 e. The number of hydrogen-bond donors (Lipinski definition) is 2. The first-order valence-electron chi connectivity index (χ1n) is 6.86. The molecule has 0 amide bonds. The van der Waals surface area contributed by atoms with Crippen LogP contribution in [0.1, 0.15) is 65.0 Å². The molecule has 0 radical (unpaired) electrons. The first kappa shape index (κ1) is 14.7. The molecule has 1 rings (SSSR count). The maximum Gasteiger partial charge on any atom is 0.325 e. The fourth-order valence-electron chi connectivity index (χ4n) is 2.24. The number of nitrogens with one attached hydrogen (secondary N) is 2. The van der Waals surface area contributed by atoms with E-state index in [0.29, 0.717) is 0 Å². The van der Waals surface area contributed by atoms with Gasteiger partial charge in [0.1, 0.15) is 0 Å². The first-order chi connectivity index (χ1) is 8.51. The second-order valence-corrected chi connectivity index (χ2v) is 5.23.